The summed E-state index contributed by atoms with van der Waals surface area (Å²) in [5, 5.41) is 0. The molecule has 0 bridgehead atoms. The standard InChI is InChI=1S/C15H15NO/c1-14(17)9-6-4-2-3-5-7-10-15-11-8-12-16-13-15/h2-13H,1H3/b4-2+,5-3+,9-6+,10-7+. The molecule has 86 valence electrons. The van der Waals surface area contributed by atoms with Crippen LogP contribution in [0.4, 0.5) is 0 Å². The number of carbonyl (C=O) groups is 1. The van der Waals surface area contributed by atoms with E-state index in [0.29, 0.717) is 0 Å². The molecule has 1 aromatic heterocycles. The molecule has 0 aromatic carbocycles. The Morgan fingerprint density at radius 1 is 1.12 bits per heavy atom. The van der Waals surface area contributed by atoms with Crippen LogP contribution in [0.25, 0.3) is 6.08 Å². The van der Waals surface area contributed by atoms with Crippen LogP contribution in [0.2, 0.25) is 0 Å². The van der Waals surface area contributed by atoms with Crippen LogP contribution < -0.4 is 0 Å². The van der Waals surface area contributed by atoms with Gasteiger partial charge in [-0.05, 0) is 24.6 Å². The predicted octanol–water partition coefficient (Wildman–Crippen LogP) is 3.35. The van der Waals surface area contributed by atoms with Gasteiger partial charge in [0.25, 0.3) is 0 Å². The summed E-state index contributed by atoms with van der Waals surface area (Å²) in [4.78, 5) is 14.6. The van der Waals surface area contributed by atoms with Crippen molar-refractivity contribution in [3.05, 3.63) is 72.6 Å². The minimum atomic E-state index is 0.0510. The van der Waals surface area contributed by atoms with Crippen LogP contribution in [-0.4, -0.2) is 10.8 Å². The predicted molar refractivity (Wildman–Crippen MR) is 71.4 cm³/mol. The maximum Gasteiger partial charge on any atom is 0.152 e. The summed E-state index contributed by atoms with van der Waals surface area (Å²) in [6, 6.07) is 3.89. The van der Waals surface area contributed by atoms with Gasteiger partial charge >= 0.3 is 0 Å². The average Bonchev–Trinajstić information content (AvgIpc) is 2.33. The Labute approximate surface area is 102 Å². The molecule has 0 aliphatic rings. The number of hydrogen-bond acceptors (Lipinski definition) is 2. The molecule has 0 spiro atoms. The maximum atomic E-state index is 10.6. The Balaban J connectivity index is 2.36. The van der Waals surface area contributed by atoms with Crippen molar-refractivity contribution in [3.63, 3.8) is 0 Å². The van der Waals surface area contributed by atoms with Crippen LogP contribution in [0.15, 0.2) is 67.1 Å². The highest BCUT2D eigenvalue weighted by atomic mass is 16.1. The largest absolute Gasteiger partial charge is 0.295 e. The third-order valence-electron chi connectivity index (χ3n) is 1.86. The summed E-state index contributed by atoms with van der Waals surface area (Å²) < 4.78 is 0. The number of pyridine rings is 1. The zero-order valence-electron chi connectivity index (χ0n) is 9.78. The topological polar surface area (TPSA) is 30.0 Å². The fourth-order valence-electron chi connectivity index (χ4n) is 1.09. The number of ketones is 1. The SMILES string of the molecule is CC(=O)/C=C/C=C/C=C/C=C/c1cccnc1. The smallest absolute Gasteiger partial charge is 0.152 e. The summed E-state index contributed by atoms with van der Waals surface area (Å²) in [5.74, 6) is 0.0510. The Morgan fingerprint density at radius 2 is 1.82 bits per heavy atom. The number of nitrogens with zero attached hydrogens (tertiary/aromatic N) is 1. The minimum Gasteiger partial charge on any atom is -0.295 e. The number of carbonyl (C=O) groups excluding carboxylic acids is 1. The molecule has 0 aliphatic carbocycles. The van der Waals surface area contributed by atoms with E-state index in [0.717, 1.165) is 5.56 Å². The zero-order chi connectivity index (χ0) is 12.3. The monoisotopic (exact) mass is 225 g/mol. The van der Waals surface area contributed by atoms with E-state index in [2.05, 4.69) is 4.98 Å². The lowest BCUT2D eigenvalue weighted by Gasteiger charge is -1.87. The van der Waals surface area contributed by atoms with Gasteiger partial charge in [0, 0.05) is 12.4 Å². The molecule has 2 nitrogen and oxygen atoms in total. The first-order valence-electron chi connectivity index (χ1n) is 5.38. The van der Waals surface area contributed by atoms with Crippen molar-refractivity contribution in [3.8, 4) is 0 Å². The van der Waals surface area contributed by atoms with Gasteiger partial charge < -0.3 is 0 Å². The number of rotatable bonds is 5. The molecule has 17 heavy (non-hydrogen) atoms. The lowest BCUT2D eigenvalue weighted by Crippen LogP contribution is -1.77. The van der Waals surface area contributed by atoms with E-state index in [1.165, 1.54) is 13.0 Å². The second-order valence-corrected chi connectivity index (χ2v) is 3.39. The number of aromatic nitrogens is 1. The lowest BCUT2D eigenvalue weighted by atomic mass is 10.2. The number of hydrogen-bond donors (Lipinski definition) is 0. The summed E-state index contributed by atoms with van der Waals surface area (Å²) in [5.41, 5.74) is 1.07. The average molecular weight is 225 g/mol. The molecule has 0 radical (unpaired) electrons. The van der Waals surface area contributed by atoms with E-state index in [1.54, 1.807) is 18.5 Å². The van der Waals surface area contributed by atoms with E-state index in [9.17, 15) is 4.79 Å². The van der Waals surface area contributed by atoms with Crippen molar-refractivity contribution in [1.82, 2.24) is 4.98 Å². The highest BCUT2D eigenvalue weighted by Gasteiger charge is 1.80. The van der Waals surface area contributed by atoms with E-state index in [4.69, 9.17) is 0 Å². The normalized spacial score (nSPS) is 12.3. The van der Waals surface area contributed by atoms with Crippen LogP contribution in [0, 0.1) is 0 Å². The fraction of sp³-hybridized carbons (Fsp3) is 0.0667. The lowest BCUT2D eigenvalue weighted by molar-refractivity contribution is -0.112. The van der Waals surface area contributed by atoms with Crippen molar-refractivity contribution in [2.24, 2.45) is 0 Å². The van der Waals surface area contributed by atoms with E-state index in [-0.39, 0.29) is 5.78 Å². The van der Waals surface area contributed by atoms with Gasteiger partial charge in [0.05, 0.1) is 0 Å². The minimum absolute atomic E-state index is 0.0510. The van der Waals surface area contributed by atoms with Crippen molar-refractivity contribution < 1.29 is 4.79 Å². The molecule has 0 atom stereocenters. The van der Waals surface area contributed by atoms with Crippen molar-refractivity contribution in [1.29, 1.82) is 0 Å². The molecule has 2 heteroatoms. The molecular formula is C15H15NO. The molecule has 0 amide bonds. The van der Waals surface area contributed by atoms with Gasteiger partial charge in [0.1, 0.15) is 0 Å². The molecule has 1 aromatic rings. The van der Waals surface area contributed by atoms with Crippen LogP contribution in [0.5, 0.6) is 0 Å². The van der Waals surface area contributed by atoms with Crippen LogP contribution in [-0.2, 0) is 4.79 Å². The van der Waals surface area contributed by atoms with Crippen molar-refractivity contribution >= 4 is 11.9 Å². The summed E-state index contributed by atoms with van der Waals surface area (Å²) in [6.45, 7) is 1.52. The number of allylic oxidation sites excluding steroid dienone is 7. The Kier molecular flexibility index (Phi) is 6.04. The van der Waals surface area contributed by atoms with Crippen molar-refractivity contribution in [2.45, 2.75) is 6.92 Å². The van der Waals surface area contributed by atoms with Crippen LogP contribution >= 0.6 is 0 Å². The molecule has 1 heterocycles. The summed E-state index contributed by atoms with van der Waals surface area (Å²) in [6.07, 6.45) is 18.2. The first-order chi connectivity index (χ1) is 8.29. The van der Waals surface area contributed by atoms with E-state index in [1.807, 2.05) is 48.6 Å². The maximum absolute atomic E-state index is 10.6. The van der Waals surface area contributed by atoms with Gasteiger partial charge in [-0.3, -0.25) is 9.78 Å². The second kappa shape index (κ2) is 7.99. The molecular weight excluding hydrogens is 210 g/mol. The summed E-state index contributed by atoms with van der Waals surface area (Å²) in [7, 11) is 0. The molecule has 0 saturated carbocycles. The van der Waals surface area contributed by atoms with E-state index < -0.39 is 0 Å². The Hall–Kier alpha value is -2.22. The highest BCUT2D eigenvalue weighted by molar-refractivity contribution is 5.87. The van der Waals surface area contributed by atoms with E-state index >= 15 is 0 Å². The Morgan fingerprint density at radius 3 is 2.47 bits per heavy atom. The summed E-state index contributed by atoms with van der Waals surface area (Å²) >= 11 is 0. The third-order valence-corrected chi connectivity index (χ3v) is 1.86. The third kappa shape index (κ3) is 6.79. The molecule has 0 aliphatic heterocycles. The first-order valence-corrected chi connectivity index (χ1v) is 5.38. The van der Waals surface area contributed by atoms with Gasteiger partial charge in [-0.2, -0.15) is 0 Å². The molecule has 0 saturated heterocycles. The molecule has 1 rings (SSSR count). The van der Waals surface area contributed by atoms with Gasteiger partial charge in [-0.25, -0.2) is 0 Å². The molecule has 0 unspecified atom stereocenters. The Bertz CT molecular complexity index is 453. The molecule has 0 fully saturated rings. The quantitative estimate of drug-likeness (QED) is 0.568. The van der Waals surface area contributed by atoms with Gasteiger partial charge in [0.15, 0.2) is 5.78 Å². The van der Waals surface area contributed by atoms with Crippen molar-refractivity contribution in [2.75, 3.05) is 0 Å². The first kappa shape index (κ1) is 12.8. The van der Waals surface area contributed by atoms with Gasteiger partial charge in [-0.15, -0.1) is 0 Å². The van der Waals surface area contributed by atoms with Gasteiger partial charge in [0.2, 0.25) is 0 Å². The zero-order valence-corrected chi connectivity index (χ0v) is 9.78. The molecule has 0 N–H and O–H groups in total. The van der Waals surface area contributed by atoms with Crippen LogP contribution in [0.1, 0.15) is 12.5 Å². The second-order valence-electron chi connectivity index (χ2n) is 3.39. The van der Waals surface area contributed by atoms with Crippen LogP contribution in [0.3, 0.4) is 0 Å². The fourth-order valence-corrected chi connectivity index (χ4v) is 1.09. The van der Waals surface area contributed by atoms with Gasteiger partial charge in [-0.1, -0.05) is 48.6 Å². The highest BCUT2D eigenvalue weighted by Crippen LogP contribution is 1.98.